The first kappa shape index (κ1) is 12.9. The number of likely N-dealkylation sites (tertiary alicyclic amines) is 1. The van der Waals surface area contributed by atoms with Crippen LogP contribution in [0.5, 0.6) is 0 Å². The summed E-state index contributed by atoms with van der Waals surface area (Å²) >= 11 is 5.88. The second-order valence-electron chi connectivity index (χ2n) is 5.33. The molecule has 0 bridgehead atoms. The Hall–Kier alpha value is -1.06. The fraction of sp³-hybridized carbons (Fsp3) is 0.533. The maximum absolute atomic E-state index is 12.0. The number of cyclic esters (lactones) is 1. The first-order valence-corrected chi connectivity index (χ1v) is 7.32. The Labute approximate surface area is 118 Å². The summed E-state index contributed by atoms with van der Waals surface area (Å²) in [5.74, 6) is -0.0677. The van der Waals surface area contributed by atoms with Crippen LogP contribution in [0.4, 0.5) is 0 Å². The minimum absolute atomic E-state index is 0.0546. The minimum Gasteiger partial charge on any atom is -0.456 e. The van der Waals surface area contributed by atoms with Gasteiger partial charge in [0.1, 0.15) is 12.1 Å². The standard InChI is InChI=1S/C15H18ClNO2/c16-12-6-4-11(5-7-12)14-10-13(15(18)19-14)17-8-2-1-3-9-17/h4-7,13-14H,1-3,8-10H2. The molecule has 2 aliphatic heterocycles. The fourth-order valence-corrected chi connectivity index (χ4v) is 3.10. The first-order chi connectivity index (χ1) is 9.24. The molecule has 3 nitrogen and oxygen atoms in total. The molecule has 4 heteroatoms. The molecule has 1 aromatic rings. The highest BCUT2D eigenvalue weighted by Gasteiger charge is 2.39. The van der Waals surface area contributed by atoms with Gasteiger partial charge >= 0.3 is 5.97 Å². The molecule has 0 N–H and O–H groups in total. The number of hydrogen-bond acceptors (Lipinski definition) is 3. The van der Waals surface area contributed by atoms with Gasteiger partial charge in [-0.15, -0.1) is 0 Å². The van der Waals surface area contributed by atoms with Crippen LogP contribution in [-0.4, -0.2) is 30.0 Å². The number of halogens is 1. The van der Waals surface area contributed by atoms with Gasteiger partial charge in [-0.05, 0) is 43.6 Å². The van der Waals surface area contributed by atoms with Crippen LogP contribution in [0.15, 0.2) is 24.3 Å². The number of esters is 1. The van der Waals surface area contributed by atoms with Gasteiger partial charge in [-0.2, -0.15) is 0 Å². The first-order valence-electron chi connectivity index (χ1n) is 6.94. The van der Waals surface area contributed by atoms with Gasteiger partial charge < -0.3 is 4.74 Å². The van der Waals surface area contributed by atoms with Crippen molar-refractivity contribution in [2.75, 3.05) is 13.1 Å². The van der Waals surface area contributed by atoms with E-state index in [4.69, 9.17) is 16.3 Å². The molecular formula is C15H18ClNO2. The zero-order valence-electron chi connectivity index (χ0n) is 10.8. The van der Waals surface area contributed by atoms with Gasteiger partial charge in [-0.3, -0.25) is 9.69 Å². The Morgan fingerprint density at radius 1 is 1.11 bits per heavy atom. The van der Waals surface area contributed by atoms with Gasteiger partial charge in [0.05, 0.1) is 0 Å². The quantitative estimate of drug-likeness (QED) is 0.779. The average molecular weight is 280 g/mol. The highest BCUT2D eigenvalue weighted by atomic mass is 35.5. The number of piperidine rings is 1. The molecule has 0 aromatic heterocycles. The molecule has 2 atom stereocenters. The second kappa shape index (κ2) is 5.51. The van der Waals surface area contributed by atoms with E-state index in [9.17, 15) is 4.79 Å². The van der Waals surface area contributed by atoms with Crippen molar-refractivity contribution in [1.82, 2.24) is 4.90 Å². The molecule has 0 aliphatic carbocycles. The predicted molar refractivity (Wildman–Crippen MR) is 74.1 cm³/mol. The third kappa shape index (κ3) is 2.77. The molecule has 0 saturated carbocycles. The molecule has 102 valence electrons. The van der Waals surface area contributed by atoms with Crippen LogP contribution < -0.4 is 0 Å². The number of carbonyl (C=O) groups is 1. The lowest BCUT2D eigenvalue weighted by molar-refractivity contribution is -0.145. The summed E-state index contributed by atoms with van der Waals surface area (Å²) in [5, 5.41) is 0.709. The topological polar surface area (TPSA) is 29.5 Å². The van der Waals surface area contributed by atoms with E-state index < -0.39 is 0 Å². The van der Waals surface area contributed by atoms with Gasteiger partial charge in [-0.1, -0.05) is 30.2 Å². The highest BCUT2D eigenvalue weighted by Crippen LogP contribution is 2.33. The van der Waals surface area contributed by atoms with E-state index in [0.29, 0.717) is 5.02 Å². The SMILES string of the molecule is O=C1OC(c2ccc(Cl)cc2)CC1N1CCCCC1. The van der Waals surface area contributed by atoms with Crippen LogP contribution in [0.2, 0.25) is 5.02 Å². The van der Waals surface area contributed by atoms with Crippen molar-refractivity contribution in [1.29, 1.82) is 0 Å². The van der Waals surface area contributed by atoms with E-state index in [-0.39, 0.29) is 18.1 Å². The van der Waals surface area contributed by atoms with Crippen molar-refractivity contribution in [2.24, 2.45) is 0 Å². The van der Waals surface area contributed by atoms with E-state index in [0.717, 1.165) is 25.1 Å². The summed E-state index contributed by atoms with van der Waals surface area (Å²) in [6, 6.07) is 7.52. The number of ether oxygens (including phenoxy) is 1. The Morgan fingerprint density at radius 3 is 2.47 bits per heavy atom. The maximum atomic E-state index is 12.0. The normalized spacial score (nSPS) is 28.4. The average Bonchev–Trinajstić information content (AvgIpc) is 2.83. The number of hydrogen-bond donors (Lipinski definition) is 0. The molecular weight excluding hydrogens is 262 g/mol. The Morgan fingerprint density at radius 2 is 1.79 bits per heavy atom. The molecule has 0 radical (unpaired) electrons. The zero-order valence-corrected chi connectivity index (χ0v) is 11.6. The van der Waals surface area contributed by atoms with Gasteiger partial charge in [0, 0.05) is 11.4 Å². The third-order valence-corrected chi connectivity index (χ3v) is 4.29. The lowest BCUT2D eigenvalue weighted by Gasteiger charge is -2.29. The summed E-state index contributed by atoms with van der Waals surface area (Å²) < 4.78 is 5.53. The van der Waals surface area contributed by atoms with Crippen molar-refractivity contribution in [3.63, 3.8) is 0 Å². The highest BCUT2D eigenvalue weighted by molar-refractivity contribution is 6.30. The lowest BCUT2D eigenvalue weighted by Crippen LogP contribution is -2.41. The van der Waals surface area contributed by atoms with Crippen LogP contribution in [0.3, 0.4) is 0 Å². The minimum atomic E-state index is -0.114. The van der Waals surface area contributed by atoms with Gasteiger partial charge in [0.15, 0.2) is 0 Å². The molecule has 0 amide bonds. The van der Waals surface area contributed by atoms with Crippen molar-refractivity contribution >= 4 is 17.6 Å². The summed E-state index contributed by atoms with van der Waals surface area (Å²) in [4.78, 5) is 14.3. The molecule has 2 heterocycles. The zero-order chi connectivity index (χ0) is 13.2. The van der Waals surface area contributed by atoms with E-state index in [1.807, 2.05) is 24.3 Å². The smallest absolute Gasteiger partial charge is 0.324 e. The number of rotatable bonds is 2. The predicted octanol–water partition coefficient (Wildman–Crippen LogP) is 3.18. The van der Waals surface area contributed by atoms with Crippen LogP contribution in [0, 0.1) is 0 Å². The largest absolute Gasteiger partial charge is 0.456 e. The number of carbonyl (C=O) groups excluding carboxylic acids is 1. The molecule has 19 heavy (non-hydrogen) atoms. The van der Waals surface area contributed by atoms with Crippen LogP contribution >= 0.6 is 11.6 Å². The third-order valence-electron chi connectivity index (χ3n) is 4.04. The van der Waals surface area contributed by atoms with E-state index >= 15 is 0 Å². The van der Waals surface area contributed by atoms with Crippen molar-refractivity contribution in [3.05, 3.63) is 34.9 Å². The van der Waals surface area contributed by atoms with Gasteiger partial charge in [0.2, 0.25) is 0 Å². The van der Waals surface area contributed by atoms with Crippen LogP contribution in [0.25, 0.3) is 0 Å². The molecule has 2 saturated heterocycles. The monoisotopic (exact) mass is 279 g/mol. The molecule has 2 aliphatic rings. The maximum Gasteiger partial charge on any atom is 0.324 e. The molecule has 0 spiro atoms. The molecule has 2 fully saturated rings. The van der Waals surface area contributed by atoms with Crippen LogP contribution in [-0.2, 0) is 9.53 Å². The number of benzene rings is 1. The molecule has 3 rings (SSSR count). The van der Waals surface area contributed by atoms with Gasteiger partial charge in [-0.25, -0.2) is 0 Å². The van der Waals surface area contributed by atoms with Crippen molar-refractivity contribution < 1.29 is 9.53 Å². The summed E-state index contributed by atoms with van der Waals surface area (Å²) in [7, 11) is 0. The van der Waals surface area contributed by atoms with Crippen molar-refractivity contribution in [3.8, 4) is 0 Å². The fourth-order valence-electron chi connectivity index (χ4n) is 2.98. The summed E-state index contributed by atoms with van der Waals surface area (Å²) in [5.41, 5.74) is 1.04. The Balaban J connectivity index is 1.70. The molecule has 2 unspecified atom stereocenters. The van der Waals surface area contributed by atoms with E-state index in [1.165, 1.54) is 19.3 Å². The Kier molecular flexibility index (Phi) is 3.76. The summed E-state index contributed by atoms with van der Waals surface area (Å²) in [6.45, 7) is 2.04. The van der Waals surface area contributed by atoms with Crippen LogP contribution in [0.1, 0.15) is 37.4 Å². The Bertz CT molecular complexity index is 454. The lowest BCUT2D eigenvalue weighted by atomic mass is 10.0. The van der Waals surface area contributed by atoms with Gasteiger partial charge in [0.25, 0.3) is 0 Å². The van der Waals surface area contributed by atoms with E-state index in [2.05, 4.69) is 4.90 Å². The molecule has 1 aromatic carbocycles. The summed E-state index contributed by atoms with van der Waals surface area (Å²) in [6.07, 6.45) is 4.31. The van der Waals surface area contributed by atoms with E-state index in [1.54, 1.807) is 0 Å². The number of nitrogens with zero attached hydrogens (tertiary/aromatic N) is 1. The van der Waals surface area contributed by atoms with Crippen molar-refractivity contribution in [2.45, 2.75) is 37.8 Å². The second-order valence-corrected chi connectivity index (χ2v) is 5.76.